The lowest BCUT2D eigenvalue weighted by Crippen LogP contribution is -2.36. The predicted octanol–water partition coefficient (Wildman–Crippen LogP) is 1.71. The van der Waals surface area contributed by atoms with Gasteiger partial charge in [-0.15, -0.1) is 6.42 Å². The van der Waals surface area contributed by atoms with Crippen molar-refractivity contribution in [2.24, 2.45) is 0 Å². The summed E-state index contributed by atoms with van der Waals surface area (Å²) < 4.78 is 22.6. The number of hydrogen-bond acceptors (Lipinski definition) is 7. The van der Waals surface area contributed by atoms with Gasteiger partial charge in [-0.1, -0.05) is 17.3 Å². The van der Waals surface area contributed by atoms with Crippen LogP contribution >= 0.6 is 11.3 Å². The van der Waals surface area contributed by atoms with Crippen molar-refractivity contribution in [3.8, 4) is 22.9 Å². The van der Waals surface area contributed by atoms with E-state index in [4.69, 9.17) is 6.42 Å². The maximum Gasteiger partial charge on any atom is 0.147 e. The normalized spacial score (nSPS) is 12.6. The van der Waals surface area contributed by atoms with Gasteiger partial charge in [-0.3, -0.25) is 4.98 Å². The number of aliphatic hydroxyl groups excluding tert-OH is 1. The molecule has 6 nitrogen and oxygen atoms in total. The molecule has 0 radical (unpaired) electrons. The SMILES string of the molecule is C#CCN(c1sc(-c2cccnc2)nc1C)C(O)CCS(C)(=O)=O. The molecule has 128 valence electrons. The summed E-state index contributed by atoms with van der Waals surface area (Å²) in [6.45, 7) is 2.00. The van der Waals surface area contributed by atoms with Gasteiger partial charge in [0.05, 0.1) is 18.0 Å². The minimum absolute atomic E-state index is 0.0834. The molecule has 1 atom stereocenters. The molecule has 0 bridgehead atoms. The molecule has 1 unspecified atom stereocenters. The van der Waals surface area contributed by atoms with E-state index < -0.39 is 16.1 Å². The van der Waals surface area contributed by atoms with Crippen LogP contribution < -0.4 is 4.90 Å². The zero-order chi connectivity index (χ0) is 17.7. The molecule has 2 aromatic rings. The highest BCUT2D eigenvalue weighted by Crippen LogP contribution is 2.35. The van der Waals surface area contributed by atoms with Crippen LogP contribution in [0.3, 0.4) is 0 Å². The molecule has 0 aliphatic carbocycles. The van der Waals surface area contributed by atoms with E-state index in [1.807, 2.05) is 19.1 Å². The summed E-state index contributed by atoms with van der Waals surface area (Å²) in [5.74, 6) is 2.40. The van der Waals surface area contributed by atoms with E-state index in [1.165, 1.54) is 11.3 Å². The highest BCUT2D eigenvalue weighted by atomic mass is 32.2. The number of terminal acetylenes is 1. The minimum Gasteiger partial charge on any atom is -0.374 e. The second-order valence-electron chi connectivity index (χ2n) is 5.38. The first kappa shape index (κ1) is 18.4. The van der Waals surface area contributed by atoms with Crippen LogP contribution in [0.5, 0.6) is 0 Å². The Kier molecular flexibility index (Phi) is 5.94. The number of aromatic nitrogens is 2. The van der Waals surface area contributed by atoms with Gasteiger partial charge >= 0.3 is 0 Å². The van der Waals surface area contributed by atoms with Gasteiger partial charge in [0.15, 0.2) is 0 Å². The zero-order valence-corrected chi connectivity index (χ0v) is 15.1. The number of aryl methyl sites for hydroxylation is 1. The van der Waals surface area contributed by atoms with Crippen LogP contribution in [0.4, 0.5) is 5.00 Å². The molecule has 0 saturated heterocycles. The maximum atomic E-state index is 11.3. The van der Waals surface area contributed by atoms with Crippen LogP contribution in [0.15, 0.2) is 24.5 Å². The third kappa shape index (κ3) is 4.77. The van der Waals surface area contributed by atoms with Crippen molar-refractivity contribution in [2.75, 3.05) is 23.5 Å². The van der Waals surface area contributed by atoms with Gasteiger partial charge in [0, 0.05) is 30.6 Å². The van der Waals surface area contributed by atoms with Gasteiger partial charge < -0.3 is 10.0 Å². The number of anilines is 1. The quantitative estimate of drug-likeness (QED) is 0.594. The number of aliphatic hydroxyl groups is 1. The molecule has 0 spiro atoms. The Morgan fingerprint density at radius 3 is 2.83 bits per heavy atom. The fourth-order valence-corrected chi connectivity index (χ4v) is 3.89. The third-order valence-corrected chi connectivity index (χ3v) is 5.53. The summed E-state index contributed by atoms with van der Waals surface area (Å²) >= 11 is 1.39. The number of nitrogens with zero attached hydrogens (tertiary/aromatic N) is 3. The lowest BCUT2D eigenvalue weighted by Gasteiger charge is -2.26. The number of thiazole rings is 1. The van der Waals surface area contributed by atoms with Gasteiger partial charge in [-0.2, -0.15) is 0 Å². The first-order valence-corrected chi connectivity index (χ1v) is 10.1. The molecule has 24 heavy (non-hydrogen) atoms. The largest absolute Gasteiger partial charge is 0.374 e. The molecule has 0 aliphatic rings. The van der Waals surface area contributed by atoms with E-state index >= 15 is 0 Å². The molecule has 0 fully saturated rings. The van der Waals surface area contributed by atoms with Crippen LogP contribution in [0.25, 0.3) is 10.6 Å². The molecule has 0 aliphatic heterocycles. The minimum atomic E-state index is -3.16. The van der Waals surface area contributed by atoms with Crippen molar-refractivity contribution in [1.82, 2.24) is 9.97 Å². The van der Waals surface area contributed by atoms with Crippen LogP contribution in [0, 0.1) is 19.3 Å². The fraction of sp³-hybridized carbons (Fsp3) is 0.375. The molecule has 1 N–H and O–H groups in total. The smallest absolute Gasteiger partial charge is 0.147 e. The van der Waals surface area contributed by atoms with Crippen LogP contribution in [0.2, 0.25) is 0 Å². The summed E-state index contributed by atoms with van der Waals surface area (Å²) in [7, 11) is -3.16. The number of hydrogen-bond donors (Lipinski definition) is 1. The van der Waals surface area contributed by atoms with Crippen LogP contribution in [0.1, 0.15) is 12.1 Å². The Balaban J connectivity index is 2.28. The van der Waals surface area contributed by atoms with Crippen LogP contribution in [-0.2, 0) is 9.84 Å². The van der Waals surface area contributed by atoms with E-state index in [0.717, 1.165) is 27.5 Å². The van der Waals surface area contributed by atoms with E-state index in [9.17, 15) is 13.5 Å². The first-order chi connectivity index (χ1) is 11.3. The summed E-state index contributed by atoms with van der Waals surface area (Å²) in [4.78, 5) is 10.2. The summed E-state index contributed by atoms with van der Waals surface area (Å²) in [6, 6.07) is 3.73. The highest BCUT2D eigenvalue weighted by Gasteiger charge is 2.22. The van der Waals surface area contributed by atoms with Gasteiger partial charge in [0.25, 0.3) is 0 Å². The summed E-state index contributed by atoms with van der Waals surface area (Å²) in [6.07, 6.45) is 9.05. The second-order valence-corrected chi connectivity index (χ2v) is 8.62. The van der Waals surface area contributed by atoms with Crippen LogP contribution in [-0.4, -0.2) is 48.3 Å². The summed E-state index contributed by atoms with van der Waals surface area (Å²) in [5, 5.41) is 11.9. The van der Waals surface area contributed by atoms with Crippen molar-refractivity contribution in [1.29, 1.82) is 0 Å². The van der Waals surface area contributed by atoms with Crippen molar-refractivity contribution in [2.45, 2.75) is 19.6 Å². The van der Waals surface area contributed by atoms with Crippen molar-refractivity contribution >= 4 is 26.2 Å². The van der Waals surface area contributed by atoms with Gasteiger partial charge in [-0.25, -0.2) is 13.4 Å². The molecule has 0 saturated carbocycles. The molecule has 8 heteroatoms. The highest BCUT2D eigenvalue weighted by molar-refractivity contribution is 7.90. The molecular weight excluding hydrogens is 346 g/mol. The summed E-state index contributed by atoms with van der Waals surface area (Å²) in [5.41, 5.74) is 1.61. The Morgan fingerprint density at radius 1 is 1.50 bits per heavy atom. The predicted molar refractivity (Wildman–Crippen MR) is 96.6 cm³/mol. The molecule has 2 aromatic heterocycles. The fourth-order valence-electron chi connectivity index (χ4n) is 2.15. The lowest BCUT2D eigenvalue weighted by atomic mass is 10.3. The first-order valence-electron chi connectivity index (χ1n) is 7.25. The van der Waals surface area contributed by atoms with E-state index in [0.29, 0.717) is 0 Å². The van der Waals surface area contributed by atoms with Crippen molar-refractivity contribution in [3.05, 3.63) is 30.2 Å². The Bertz CT molecular complexity index is 826. The van der Waals surface area contributed by atoms with E-state index in [2.05, 4.69) is 15.9 Å². The third-order valence-electron chi connectivity index (χ3n) is 3.31. The Labute approximate surface area is 146 Å². The number of pyridine rings is 1. The number of sulfone groups is 1. The average molecular weight is 365 g/mol. The van der Waals surface area contributed by atoms with E-state index in [-0.39, 0.29) is 18.7 Å². The standard InChI is InChI=1S/C16H19N3O3S2/c1-4-9-19(14(20)7-10-24(3,21)22)16-12(2)18-15(23-16)13-6-5-8-17-11-13/h1,5-6,8,11,14,20H,7,9-10H2,2-3H3. The molecule has 2 heterocycles. The number of rotatable bonds is 7. The monoisotopic (exact) mass is 365 g/mol. The maximum absolute atomic E-state index is 11.3. The Morgan fingerprint density at radius 2 is 2.25 bits per heavy atom. The van der Waals surface area contributed by atoms with Crippen molar-refractivity contribution in [3.63, 3.8) is 0 Å². The zero-order valence-electron chi connectivity index (χ0n) is 13.5. The average Bonchev–Trinajstić information content (AvgIpc) is 2.92. The Hall–Kier alpha value is -1.95. The molecule has 0 aromatic carbocycles. The van der Waals surface area contributed by atoms with E-state index in [1.54, 1.807) is 17.3 Å². The molecule has 0 amide bonds. The topological polar surface area (TPSA) is 83.4 Å². The second kappa shape index (κ2) is 7.75. The molecular formula is C16H19N3O3S2. The van der Waals surface area contributed by atoms with Gasteiger partial charge in [0.2, 0.25) is 0 Å². The molecule has 2 rings (SSSR count). The van der Waals surface area contributed by atoms with Gasteiger partial charge in [-0.05, 0) is 19.1 Å². The van der Waals surface area contributed by atoms with Crippen molar-refractivity contribution < 1.29 is 13.5 Å². The lowest BCUT2D eigenvalue weighted by molar-refractivity contribution is 0.169. The van der Waals surface area contributed by atoms with Gasteiger partial charge in [0.1, 0.15) is 26.1 Å².